The number of carbonyl (C=O) groups excluding carboxylic acids is 2. The molecule has 7 nitrogen and oxygen atoms in total. The van der Waals surface area contributed by atoms with E-state index in [0.717, 1.165) is 16.3 Å². The van der Waals surface area contributed by atoms with Crippen LogP contribution >= 0.6 is 11.3 Å². The second-order valence-corrected chi connectivity index (χ2v) is 9.15. The normalized spacial score (nSPS) is 23.5. The van der Waals surface area contributed by atoms with Crippen LogP contribution in [-0.2, 0) is 19.1 Å². The molecule has 1 amide bonds. The summed E-state index contributed by atoms with van der Waals surface area (Å²) in [6.07, 6.45) is 0.439. The van der Waals surface area contributed by atoms with Crippen LogP contribution < -0.4 is 5.32 Å². The minimum atomic E-state index is -1.03. The lowest BCUT2D eigenvalue weighted by Gasteiger charge is -2.23. The molecule has 2 bridgehead atoms. The fourth-order valence-corrected chi connectivity index (χ4v) is 5.99. The number of anilines is 1. The van der Waals surface area contributed by atoms with Gasteiger partial charge in [0.05, 0.1) is 30.7 Å². The third-order valence-electron chi connectivity index (χ3n) is 6.45. The number of benzene rings is 2. The van der Waals surface area contributed by atoms with Crippen molar-refractivity contribution in [3.05, 3.63) is 53.4 Å². The van der Waals surface area contributed by atoms with E-state index in [-0.39, 0.29) is 12.2 Å². The third-order valence-corrected chi connectivity index (χ3v) is 7.34. The molecular formula is C25H23NO6S. The first-order chi connectivity index (χ1) is 16.0. The Kier molecular flexibility index (Phi) is 5.64. The van der Waals surface area contributed by atoms with Gasteiger partial charge in [-0.2, -0.15) is 0 Å². The zero-order valence-corrected chi connectivity index (χ0v) is 18.8. The summed E-state index contributed by atoms with van der Waals surface area (Å²) in [5.41, 5.74) is 1.81. The molecule has 33 heavy (non-hydrogen) atoms. The van der Waals surface area contributed by atoms with Gasteiger partial charge in [-0.25, -0.2) is 4.79 Å². The van der Waals surface area contributed by atoms with Crippen LogP contribution in [0.5, 0.6) is 0 Å². The average Bonchev–Trinajstić information content (AvgIpc) is 3.53. The molecule has 0 spiro atoms. The number of carbonyl (C=O) groups is 3. The summed E-state index contributed by atoms with van der Waals surface area (Å²) in [6, 6.07) is 13.7. The summed E-state index contributed by atoms with van der Waals surface area (Å²) in [5, 5.41) is 16.7. The first kappa shape index (κ1) is 21.6. The van der Waals surface area contributed by atoms with E-state index in [0.29, 0.717) is 23.4 Å². The van der Waals surface area contributed by atoms with E-state index in [1.165, 1.54) is 11.3 Å². The monoisotopic (exact) mass is 465 g/mol. The molecule has 2 aliphatic heterocycles. The van der Waals surface area contributed by atoms with Crippen molar-refractivity contribution >= 4 is 45.0 Å². The zero-order chi connectivity index (χ0) is 23.1. The van der Waals surface area contributed by atoms with Gasteiger partial charge in [-0.1, -0.05) is 42.5 Å². The van der Waals surface area contributed by atoms with Gasteiger partial charge in [-0.05, 0) is 36.1 Å². The van der Waals surface area contributed by atoms with E-state index in [1.807, 2.05) is 47.8 Å². The van der Waals surface area contributed by atoms with E-state index in [4.69, 9.17) is 9.47 Å². The van der Waals surface area contributed by atoms with Crippen LogP contribution in [0.25, 0.3) is 21.9 Å². The van der Waals surface area contributed by atoms with Crippen molar-refractivity contribution in [2.45, 2.75) is 32.0 Å². The quantitative estimate of drug-likeness (QED) is 0.518. The van der Waals surface area contributed by atoms with Crippen molar-refractivity contribution in [2.75, 3.05) is 11.9 Å². The third kappa shape index (κ3) is 3.69. The second-order valence-electron chi connectivity index (χ2n) is 8.27. The smallest absolute Gasteiger partial charge is 0.341 e. The molecule has 2 aliphatic rings. The van der Waals surface area contributed by atoms with E-state index in [1.54, 1.807) is 6.92 Å². The number of carboxylic acid groups (broad SMARTS) is 1. The standard InChI is InChI=1S/C25H23NO6S/c1-2-31-25(30)19-16(15-9-5-7-13-6-3-4-8-14(13)15)12-33-23(19)26-22(27)20-17-10-11-18(32-17)21(20)24(28)29/h3-9,12,17-18,20-21H,2,10-11H2,1H3,(H,26,27)(H,28,29)/t17-,18-,20-,21-/m0/s1. The summed E-state index contributed by atoms with van der Waals surface area (Å²) in [6.45, 7) is 1.92. The Hall–Kier alpha value is -3.23. The SMILES string of the molecule is CCOC(=O)c1c(-c2cccc3ccccc23)csc1NC(=O)[C@@H]1[C@@H](C(=O)O)[C@@H]2CC[C@@H]1O2. The van der Waals surface area contributed by atoms with Crippen LogP contribution in [0.2, 0.25) is 0 Å². The molecule has 5 rings (SSSR count). The number of amides is 1. The molecule has 8 heteroatoms. The highest BCUT2D eigenvalue weighted by Crippen LogP contribution is 2.45. The highest BCUT2D eigenvalue weighted by Gasteiger charge is 2.55. The van der Waals surface area contributed by atoms with E-state index in [2.05, 4.69) is 5.32 Å². The predicted molar refractivity (Wildman–Crippen MR) is 124 cm³/mol. The number of ether oxygens (including phenoxy) is 2. The lowest BCUT2D eigenvalue weighted by Crippen LogP contribution is -2.41. The van der Waals surface area contributed by atoms with Gasteiger partial charge in [-0.15, -0.1) is 11.3 Å². The summed E-state index contributed by atoms with van der Waals surface area (Å²) >= 11 is 1.23. The van der Waals surface area contributed by atoms with Gasteiger partial charge in [0.15, 0.2) is 0 Å². The number of hydrogen-bond acceptors (Lipinski definition) is 6. The average molecular weight is 466 g/mol. The lowest BCUT2D eigenvalue weighted by molar-refractivity contribution is -0.147. The molecule has 4 atom stereocenters. The van der Waals surface area contributed by atoms with E-state index >= 15 is 0 Å². The maximum Gasteiger partial charge on any atom is 0.341 e. The number of aliphatic carboxylic acids is 1. The molecule has 0 saturated carbocycles. The summed E-state index contributed by atoms with van der Waals surface area (Å²) < 4.78 is 11.0. The molecule has 2 saturated heterocycles. The van der Waals surface area contributed by atoms with Crippen LogP contribution in [0, 0.1) is 11.8 Å². The maximum atomic E-state index is 13.2. The highest BCUT2D eigenvalue weighted by molar-refractivity contribution is 7.15. The number of rotatable bonds is 6. The minimum Gasteiger partial charge on any atom is -0.481 e. The number of esters is 1. The fraction of sp³-hybridized carbons (Fsp3) is 0.320. The molecule has 2 N–H and O–H groups in total. The number of hydrogen-bond donors (Lipinski definition) is 2. The van der Waals surface area contributed by atoms with Crippen molar-refractivity contribution in [2.24, 2.45) is 11.8 Å². The molecular weight excluding hydrogens is 442 g/mol. The zero-order valence-electron chi connectivity index (χ0n) is 17.9. The molecule has 2 aromatic carbocycles. The van der Waals surface area contributed by atoms with Crippen molar-refractivity contribution in [1.29, 1.82) is 0 Å². The van der Waals surface area contributed by atoms with E-state index < -0.39 is 41.9 Å². The van der Waals surface area contributed by atoms with Crippen LogP contribution in [0.15, 0.2) is 47.8 Å². The minimum absolute atomic E-state index is 0.193. The Balaban J connectivity index is 1.53. The predicted octanol–water partition coefficient (Wildman–Crippen LogP) is 4.56. The summed E-state index contributed by atoms with van der Waals surface area (Å²) in [5.74, 6) is -3.68. The second kappa shape index (κ2) is 8.61. The number of nitrogens with one attached hydrogen (secondary N) is 1. The maximum absolute atomic E-state index is 13.2. The van der Waals surface area contributed by atoms with Crippen LogP contribution in [0.3, 0.4) is 0 Å². The molecule has 0 unspecified atom stereocenters. The molecule has 0 aliphatic carbocycles. The molecule has 1 aromatic heterocycles. The van der Waals surface area contributed by atoms with Crippen LogP contribution in [0.4, 0.5) is 5.00 Å². The first-order valence-electron chi connectivity index (χ1n) is 11.0. The number of carboxylic acids is 1. The van der Waals surface area contributed by atoms with Crippen LogP contribution in [-0.4, -0.2) is 41.8 Å². The first-order valence-corrected chi connectivity index (χ1v) is 11.8. The Morgan fingerprint density at radius 1 is 1.06 bits per heavy atom. The number of fused-ring (bicyclic) bond motifs is 3. The molecule has 3 heterocycles. The molecule has 0 radical (unpaired) electrons. The van der Waals surface area contributed by atoms with E-state index in [9.17, 15) is 19.5 Å². The van der Waals surface area contributed by atoms with Gasteiger partial charge >= 0.3 is 11.9 Å². The summed E-state index contributed by atoms with van der Waals surface area (Å²) in [4.78, 5) is 38.0. The van der Waals surface area contributed by atoms with Gasteiger partial charge in [0.1, 0.15) is 10.6 Å². The largest absolute Gasteiger partial charge is 0.481 e. The Labute approximate surface area is 194 Å². The van der Waals surface area contributed by atoms with Crippen molar-refractivity contribution in [3.63, 3.8) is 0 Å². The van der Waals surface area contributed by atoms with Gasteiger partial charge in [-0.3, -0.25) is 9.59 Å². The Bertz CT molecular complexity index is 1250. The number of thiophene rings is 1. The lowest BCUT2D eigenvalue weighted by atomic mass is 9.78. The van der Waals surface area contributed by atoms with Gasteiger partial charge in [0, 0.05) is 10.9 Å². The molecule has 170 valence electrons. The van der Waals surface area contributed by atoms with Crippen molar-refractivity contribution in [3.8, 4) is 11.1 Å². The van der Waals surface area contributed by atoms with Crippen molar-refractivity contribution < 1.29 is 29.0 Å². The topological polar surface area (TPSA) is 102 Å². The van der Waals surface area contributed by atoms with Gasteiger partial charge in [0.2, 0.25) is 5.91 Å². The van der Waals surface area contributed by atoms with Gasteiger partial charge < -0.3 is 19.9 Å². The van der Waals surface area contributed by atoms with Crippen LogP contribution in [0.1, 0.15) is 30.1 Å². The van der Waals surface area contributed by atoms with Gasteiger partial charge in [0.25, 0.3) is 0 Å². The highest BCUT2D eigenvalue weighted by atomic mass is 32.1. The summed E-state index contributed by atoms with van der Waals surface area (Å²) in [7, 11) is 0. The Morgan fingerprint density at radius 2 is 1.79 bits per heavy atom. The Morgan fingerprint density at radius 3 is 2.55 bits per heavy atom. The molecule has 3 aromatic rings. The van der Waals surface area contributed by atoms with Crippen molar-refractivity contribution in [1.82, 2.24) is 0 Å². The molecule has 2 fully saturated rings. The fourth-order valence-electron chi connectivity index (χ4n) is 5.03.